The number of amides is 1. The van der Waals surface area contributed by atoms with Crippen LogP contribution in [0.15, 0.2) is 53.4 Å². The Balaban J connectivity index is 2.39. The topological polar surface area (TPSA) is 75.7 Å². The lowest BCUT2D eigenvalue weighted by atomic mass is 9.99. The fourth-order valence-corrected chi connectivity index (χ4v) is 3.19. The molecule has 0 atom stereocenters. The first-order valence-electron chi connectivity index (χ1n) is 7.81. The number of hydroxylamine groups is 2. The third kappa shape index (κ3) is 4.66. The zero-order chi connectivity index (χ0) is 18.4. The third-order valence-electron chi connectivity index (χ3n) is 3.98. The molecule has 0 aliphatic carbocycles. The van der Waals surface area contributed by atoms with E-state index < -0.39 is 15.9 Å². The predicted octanol–water partition coefficient (Wildman–Crippen LogP) is 2.01. The lowest BCUT2D eigenvalue weighted by molar-refractivity contribution is -0.0757. The van der Waals surface area contributed by atoms with Crippen LogP contribution in [0.5, 0.6) is 0 Å². The number of sulfonamides is 1. The van der Waals surface area contributed by atoms with Crippen molar-refractivity contribution in [2.24, 2.45) is 0 Å². The Morgan fingerprint density at radius 1 is 1.12 bits per heavy atom. The molecular formula is C18H22N2O4S. The molecule has 7 heteroatoms. The van der Waals surface area contributed by atoms with E-state index in [0.717, 1.165) is 22.6 Å². The maximum atomic E-state index is 12.6. The van der Waals surface area contributed by atoms with Gasteiger partial charge in [0.05, 0.1) is 12.0 Å². The van der Waals surface area contributed by atoms with Crippen molar-refractivity contribution in [3.05, 3.63) is 65.2 Å². The summed E-state index contributed by atoms with van der Waals surface area (Å²) in [5.74, 6) is -0.390. The van der Waals surface area contributed by atoms with Gasteiger partial charge in [0.2, 0.25) is 10.0 Å². The molecule has 1 amide bonds. The van der Waals surface area contributed by atoms with Gasteiger partial charge in [0.25, 0.3) is 5.91 Å². The van der Waals surface area contributed by atoms with Crippen LogP contribution in [0.1, 0.15) is 21.5 Å². The van der Waals surface area contributed by atoms with E-state index in [2.05, 4.69) is 4.72 Å². The average Bonchev–Trinajstić information content (AvgIpc) is 2.65. The summed E-state index contributed by atoms with van der Waals surface area (Å²) < 4.78 is 26.3. The number of benzene rings is 2. The molecule has 2 aromatic rings. The zero-order valence-corrected chi connectivity index (χ0v) is 15.3. The molecule has 2 rings (SSSR count). The van der Waals surface area contributed by atoms with Crippen LogP contribution in [0.25, 0.3) is 0 Å². The van der Waals surface area contributed by atoms with Crippen LogP contribution in [0.3, 0.4) is 0 Å². The van der Waals surface area contributed by atoms with E-state index in [0.29, 0.717) is 12.0 Å². The molecule has 0 radical (unpaired) electrons. The molecule has 0 spiro atoms. The number of nitrogens with one attached hydrogen (secondary N) is 1. The minimum Gasteiger partial charge on any atom is -0.274 e. The van der Waals surface area contributed by atoms with Gasteiger partial charge in [0, 0.05) is 12.6 Å². The van der Waals surface area contributed by atoms with Crippen molar-refractivity contribution in [1.82, 2.24) is 9.79 Å². The van der Waals surface area contributed by atoms with Crippen molar-refractivity contribution in [2.75, 3.05) is 21.2 Å². The SMILES string of the molecule is CNS(=O)(=O)c1ccc(CCc2ccccc2)c(C(=O)N(C)OC)c1. The first-order valence-corrected chi connectivity index (χ1v) is 9.30. The summed E-state index contributed by atoms with van der Waals surface area (Å²) in [6.45, 7) is 0. The van der Waals surface area contributed by atoms with Gasteiger partial charge in [-0.1, -0.05) is 36.4 Å². The van der Waals surface area contributed by atoms with Crippen LogP contribution >= 0.6 is 0 Å². The molecular weight excluding hydrogens is 340 g/mol. The van der Waals surface area contributed by atoms with Crippen molar-refractivity contribution in [1.29, 1.82) is 0 Å². The van der Waals surface area contributed by atoms with E-state index in [9.17, 15) is 13.2 Å². The second kappa shape index (κ2) is 8.24. The Labute approximate surface area is 148 Å². The number of hydrogen-bond donors (Lipinski definition) is 1. The number of carbonyl (C=O) groups is 1. The van der Waals surface area contributed by atoms with E-state index in [1.165, 1.54) is 33.3 Å². The summed E-state index contributed by atoms with van der Waals surface area (Å²) in [5, 5.41) is 1.08. The molecule has 134 valence electrons. The molecule has 0 aliphatic rings. The monoisotopic (exact) mass is 362 g/mol. The maximum Gasteiger partial charge on any atom is 0.277 e. The predicted molar refractivity (Wildman–Crippen MR) is 95.6 cm³/mol. The number of aryl methyl sites for hydroxylation is 2. The number of rotatable bonds is 7. The van der Waals surface area contributed by atoms with Crippen molar-refractivity contribution in [3.8, 4) is 0 Å². The van der Waals surface area contributed by atoms with Gasteiger partial charge in [-0.15, -0.1) is 0 Å². The van der Waals surface area contributed by atoms with Crippen molar-refractivity contribution in [3.63, 3.8) is 0 Å². The van der Waals surface area contributed by atoms with Crippen LogP contribution in [0, 0.1) is 0 Å². The molecule has 0 unspecified atom stereocenters. The fraction of sp³-hybridized carbons (Fsp3) is 0.278. The summed E-state index contributed by atoms with van der Waals surface area (Å²) in [5.41, 5.74) is 2.23. The normalized spacial score (nSPS) is 11.3. The minimum absolute atomic E-state index is 0.0475. The Morgan fingerprint density at radius 3 is 2.40 bits per heavy atom. The highest BCUT2D eigenvalue weighted by Crippen LogP contribution is 2.20. The van der Waals surface area contributed by atoms with Crippen LogP contribution in [-0.2, 0) is 27.7 Å². The van der Waals surface area contributed by atoms with Gasteiger partial charge in [0.1, 0.15) is 0 Å². The quantitative estimate of drug-likeness (QED) is 0.765. The standard InChI is InChI=1S/C18H22N2O4S/c1-19-25(22,23)16-12-11-15(10-9-14-7-5-4-6-8-14)17(13-16)18(21)20(2)24-3/h4-8,11-13,19H,9-10H2,1-3H3. The molecule has 0 bridgehead atoms. The minimum atomic E-state index is -3.63. The highest BCUT2D eigenvalue weighted by Gasteiger charge is 2.20. The molecule has 0 saturated heterocycles. The lowest BCUT2D eigenvalue weighted by Gasteiger charge is -2.17. The first-order chi connectivity index (χ1) is 11.9. The van der Waals surface area contributed by atoms with Gasteiger partial charge >= 0.3 is 0 Å². The van der Waals surface area contributed by atoms with Crippen LogP contribution in [0.2, 0.25) is 0 Å². The van der Waals surface area contributed by atoms with Gasteiger partial charge < -0.3 is 0 Å². The summed E-state index contributed by atoms with van der Waals surface area (Å²) >= 11 is 0. The van der Waals surface area contributed by atoms with E-state index in [4.69, 9.17) is 4.84 Å². The zero-order valence-electron chi connectivity index (χ0n) is 14.5. The second-order valence-corrected chi connectivity index (χ2v) is 7.38. The Bertz CT molecular complexity index is 835. The maximum absolute atomic E-state index is 12.6. The number of hydrogen-bond acceptors (Lipinski definition) is 4. The highest BCUT2D eigenvalue weighted by atomic mass is 32.2. The highest BCUT2D eigenvalue weighted by molar-refractivity contribution is 7.89. The van der Waals surface area contributed by atoms with Crippen molar-refractivity contribution in [2.45, 2.75) is 17.7 Å². The van der Waals surface area contributed by atoms with Gasteiger partial charge in [-0.3, -0.25) is 9.63 Å². The molecule has 6 nitrogen and oxygen atoms in total. The van der Waals surface area contributed by atoms with E-state index in [1.807, 2.05) is 30.3 Å². The largest absolute Gasteiger partial charge is 0.277 e. The van der Waals surface area contributed by atoms with Gasteiger partial charge in [-0.25, -0.2) is 18.2 Å². The molecule has 0 aliphatic heterocycles. The van der Waals surface area contributed by atoms with E-state index >= 15 is 0 Å². The molecule has 0 saturated carbocycles. The average molecular weight is 362 g/mol. The van der Waals surface area contributed by atoms with Crippen molar-refractivity contribution < 1.29 is 18.0 Å². The summed E-state index contributed by atoms with van der Waals surface area (Å²) in [7, 11) is 0.576. The number of carbonyl (C=O) groups excluding carboxylic acids is 1. The Hall–Kier alpha value is -2.22. The third-order valence-corrected chi connectivity index (χ3v) is 5.39. The second-order valence-electron chi connectivity index (χ2n) is 5.50. The molecule has 0 heterocycles. The van der Waals surface area contributed by atoms with E-state index in [-0.39, 0.29) is 4.90 Å². The van der Waals surface area contributed by atoms with Gasteiger partial charge in [0.15, 0.2) is 0 Å². The van der Waals surface area contributed by atoms with Crippen molar-refractivity contribution >= 4 is 15.9 Å². The van der Waals surface area contributed by atoms with Crippen LogP contribution in [-0.4, -0.2) is 40.6 Å². The number of nitrogens with zero attached hydrogens (tertiary/aromatic N) is 1. The molecule has 1 N–H and O–H groups in total. The Morgan fingerprint density at radius 2 is 1.80 bits per heavy atom. The molecule has 2 aromatic carbocycles. The van der Waals surface area contributed by atoms with Crippen LogP contribution in [0.4, 0.5) is 0 Å². The summed E-state index contributed by atoms with van der Waals surface area (Å²) in [6.07, 6.45) is 1.36. The smallest absolute Gasteiger partial charge is 0.274 e. The van der Waals surface area contributed by atoms with E-state index in [1.54, 1.807) is 6.07 Å². The summed E-state index contributed by atoms with van der Waals surface area (Å²) in [4.78, 5) is 17.6. The first kappa shape index (κ1) is 19.1. The Kier molecular flexibility index (Phi) is 6.30. The van der Waals surface area contributed by atoms with Crippen LogP contribution < -0.4 is 4.72 Å². The molecule has 0 fully saturated rings. The van der Waals surface area contributed by atoms with Gasteiger partial charge in [-0.2, -0.15) is 0 Å². The fourth-order valence-electron chi connectivity index (χ4n) is 2.43. The molecule has 0 aromatic heterocycles. The lowest BCUT2D eigenvalue weighted by Crippen LogP contribution is -2.27. The van der Waals surface area contributed by atoms with Gasteiger partial charge in [-0.05, 0) is 43.1 Å². The molecule has 25 heavy (non-hydrogen) atoms. The summed E-state index contributed by atoms with van der Waals surface area (Å²) in [6, 6.07) is 14.5.